The summed E-state index contributed by atoms with van der Waals surface area (Å²) in [4.78, 5) is 117. The van der Waals surface area contributed by atoms with Crippen LogP contribution in [0.2, 0.25) is 0 Å². The number of primary amides is 1. The van der Waals surface area contributed by atoms with Gasteiger partial charge in [-0.2, -0.15) is 0 Å². The normalized spacial score (nSPS) is 26.4. The summed E-state index contributed by atoms with van der Waals surface area (Å²) < 4.78 is 0. The monoisotopic (exact) mass is 792 g/mol. The Hall–Kier alpha value is -5.03. The van der Waals surface area contributed by atoms with Crippen molar-refractivity contribution >= 4 is 53.2 Å². The third-order valence-corrected chi connectivity index (χ3v) is 9.93. The van der Waals surface area contributed by atoms with E-state index in [1.54, 1.807) is 27.7 Å². The highest BCUT2D eigenvalue weighted by Crippen LogP contribution is 2.20. The molecule has 0 aromatic heterocycles. The number of carboxylic acids is 1. The molecule has 18 nitrogen and oxygen atoms in total. The van der Waals surface area contributed by atoms with E-state index >= 15 is 0 Å². The van der Waals surface area contributed by atoms with E-state index in [1.165, 1.54) is 27.8 Å². The van der Waals surface area contributed by atoms with E-state index < -0.39 is 101 Å². The largest absolute Gasteiger partial charge is 0.481 e. The van der Waals surface area contributed by atoms with Gasteiger partial charge < -0.3 is 48.1 Å². The van der Waals surface area contributed by atoms with Crippen LogP contribution in [0.4, 0.5) is 0 Å². The standard InChI is InChI=1S/C38H64N8O10/c1-9-23(4)30-34(54)42-25(21-28(49)50)32(52)46-38(7,36(56)44-29(22(2)3)33(53)40-8)20-15-13-11-10-12-14-19-37(6,35(55)41-24(5)31(51)43-30)45-27(48)18-16-17-26(39)47/h10-11,22-25,29-30H,9,12-21H2,1-8H3,(H2,39,47)(H,40,53)(H,41,55)(H,42,54)(H,43,51)(H,44,56)(H,45,48)(H,46,52)(H,49,50)/b11-10+/t23-,24-,25-,29?,30?,37-,38-/m0/s1. The molecule has 0 saturated heterocycles. The lowest BCUT2D eigenvalue weighted by molar-refractivity contribution is -0.143. The van der Waals surface area contributed by atoms with Crippen LogP contribution in [-0.4, -0.2) is 101 Å². The lowest BCUT2D eigenvalue weighted by Crippen LogP contribution is -2.64. The Bertz CT molecular complexity index is 1470. The van der Waals surface area contributed by atoms with Crippen molar-refractivity contribution in [1.82, 2.24) is 37.2 Å². The van der Waals surface area contributed by atoms with Crippen LogP contribution in [0.25, 0.3) is 0 Å². The third kappa shape index (κ3) is 16.0. The van der Waals surface area contributed by atoms with Crippen molar-refractivity contribution in [2.24, 2.45) is 17.6 Å². The maximum absolute atomic E-state index is 13.9. The van der Waals surface area contributed by atoms with Gasteiger partial charge in [-0.15, -0.1) is 0 Å². The number of carbonyl (C=O) groups is 9. The number of nitrogens with one attached hydrogen (secondary N) is 7. The number of hydrogen-bond donors (Lipinski definition) is 9. The van der Waals surface area contributed by atoms with E-state index in [0.717, 1.165) is 0 Å². The minimum absolute atomic E-state index is 0.0111. The van der Waals surface area contributed by atoms with Gasteiger partial charge in [0, 0.05) is 19.9 Å². The summed E-state index contributed by atoms with van der Waals surface area (Å²) in [6.45, 7) is 11.3. The molecule has 1 rings (SSSR count). The maximum Gasteiger partial charge on any atom is 0.305 e. The number of hydrogen-bond acceptors (Lipinski definition) is 9. The molecule has 1 aliphatic rings. The van der Waals surface area contributed by atoms with Crippen LogP contribution < -0.4 is 43.0 Å². The summed E-state index contributed by atoms with van der Waals surface area (Å²) in [5.74, 6) is -7.73. The zero-order valence-corrected chi connectivity index (χ0v) is 34.1. The second-order valence-electron chi connectivity index (χ2n) is 15.3. The predicted molar refractivity (Wildman–Crippen MR) is 207 cm³/mol. The molecule has 1 aliphatic heterocycles. The van der Waals surface area contributed by atoms with E-state index in [-0.39, 0.29) is 38.0 Å². The fourth-order valence-corrected chi connectivity index (χ4v) is 6.04. The summed E-state index contributed by atoms with van der Waals surface area (Å²) in [5.41, 5.74) is 2.07. The van der Waals surface area contributed by atoms with Crippen LogP contribution in [0.5, 0.6) is 0 Å². The van der Waals surface area contributed by atoms with E-state index in [1.807, 2.05) is 12.2 Å². The van der Waals surface area contributed by atoms with E-state index in [0.29, 0.717) is 32.1 Å². The van der Waals surface area contributed by atoms with Crippen molar-refractivity contribution < 1.29 is 48.3 Å². The van der Waals surface area contributed by atoms with Crippen LogP contribution in [0.15, 0.2) is 12.2 Å². The van der Waals surface area contributed by atoms with Crippen molar-refractivity contribution in [3.05, 3.63) is 12.2 Å². The Morgan fingerprint density at radius 2 is 1.52 bits per heavy atom. The van der Waals surface area contributed by atoms with Gasteiger partial charge in [-0.25, -0.2) is 0 Å². The lowest BCUT2D eigenvalue weighted by Gasteiger charge is -2.34. The lowest BCUT2D eigenvalue weighted by atomic mass is 9.91. The van der Waals surface area contributed by atoms with Gasteiger partial charge in [-0.1, -0.05) is 46.3 Å². The van der Waals surface area contributed by atoms with Crippen LogP contribution in [-0.2, 0) is 43.2 Å². The Balaban J connectivity index is 3.63. The van der Waals surface area contributed by atoms with Gasteiger partial charge in [0.1, 0.15) is 35.2 Å². The molecule has 0 fully saturated rings. The number of carboxylic acid groups (broad SMARTS) is 1. The quantitative estimate of drug-likeness (QED) is 0.114. The van der Waals surface area contributed by atoms with Crippen molar-refractivity contribution in [2.75, 3.05) is 7.05 Å². The first-order chi connectivity index (χ1) is 26.1. The smallest absolute Gasteiger partial charge is 0.305 e. The first kappa shape index (κ1) is 49.0. The number of carbonyl (C=O) groups excluding carboxylic acids is 8. The second kappa shape index (κ2) is 23.1. The van der Waals surface area contributed by atoms with E-state index in [4.69, 9.17) is 5.73 Å². The molecule has 0 aromatic carbocycles. The maximum atomic E-state index is 13.9. The molecule has 2 unspecified atom stereocenters. The summed E-state index contributed by atoms with van der Waals surface area (Å²) in [6.07, 6.45) is 5.35. The highest BCUT2D eigenvalue weighted by molar-refractivity contribution is 5.99. The zero-order chi connectivity index (χ0) is 42.8. The molecule has 18 heteroatoms. The van der Waals surface area contributed by atoms with E-state index in [2.05, 4.69) is 37.2 Å². The fourth-order valence-electron chi connectivity index (χ4n) is 6.04. The van der Waals surface area contributed by atoms with Gasteiger partial charge in [-0.05, 0) is 77.6 Å². The van der Waals surface area contributed by atoms with Crippen molar-refractivity contribution in [3.63, 3.8) is 0 Å². The summed E-state index contributed by atoms with van der Waals surface area (Å²) >= 11 is 0. The Morgan fingerprint density at radius 3 is 2.05 bits per heavy atom. The van der Waals surface area contributed by atoms with Crippen LogP contribution in [0, 0.1) is 11.8 Å². The first-order valence-electron chi connectivity index (χ1n) is 19.3. The van der Waals surface area contributed by atoms with Crippen LogP contribution in [0.3, 0.4) is 0 Å². The molecule has 0 aliphatic carbocycles. The highest BCUT2D eigenvalue weighted by atomic mass is 16.4. The van der Waals surface area contributed by atoms with Gasteiger partial charge in [-0.3, -0.25) is 43.2 Å². The number of amides is 8. The van der Waals surface area contributed by atoms with E-state index in [9.17, 15) is 48.3 Å². The number of nitrogens with two attached hydrogens (primary N) is 1. The molecule has 0 radical (unpaired) electrons. The predicted octanol–water partition coefficient (Wildman–Crippen LogP) is 0.184. The molecule has 0 saturated carbocycles. The fraction of sp³-hybridized carbons (Fsp3) is 0.711. The molecular weight excluding hydrogens is 728 g/mol. The Morgan fingerprint density at radius 1 is 0.911 bits per heavy atom. The van der Waals surface area contributed by atoms with Gasteiger partial charge >= 0.3 is 5.97 Å². The SMILES string of the molecule is CC[C@H](C)C1NC(=O)[C@H](C)NC(=O)[C@@](C)(NC(=O)CCCC(N)=O)CCC/C=C/CCC[C@@](C)(C(=O)NC(C(=O)NC)C(C)C)NC(=O)[C@H](CC(=O)O)NC1=O. The molecule has 7 atom stereocenters. The summed E-state index contributed by atoms with van der Waals surface area (Å²) in [7, 11) is 1.43. The molecule has 0 spiro atoms. The van der Waals surface area contributed by atoms with Gasteiger partial charge in [0.2, 0.25) is 47.3 Å². The zero-order valence-electron chi connectivity index (χ0n) is 34.1. The average Bonchev–Trinajstić information content (AvgIpc) is 3.11. The van der Waals surface area contributed by atoms with Crippen molar-refractivity contribution in [3.8, 4) is 0 Å². The van der Waals surface area contributed by atoms with Gasteiger partial charge in [0.15, 0.2) is 0 Å². The van der Waals surface area contributed by atoms with Crippen molar-refractivity contribution in [1.29, 1.82) is 0 Å². The van der Waals surface area contributed by atoms with Crippen LogP contribution >= 0.6 is 0 Å². The van der Waals surface area contributed by atoms with Crippen molar-refractivity contribution in [2.45, 2.75) is 154 Å². The molecule has 10 N–H and O–H groups in total. The third-order valence-electron chi connectivity index (χ3n) is 9.93. The minimum atomic E-state index is -1.67. The summed E-state index contributed by atoms with van der Waals surface area (Å²) in [6, 6.07) is -5.10. The summed E-state index contributed by atoms with van der Waals surface area (Å²) in [5, 5.41) is 28.0. The van der Waals surface area contributed by atoms with Crippen LogP contribution in [0.1, 0.15) is 119 Å². The number of allylic oxidation sites excluding steroid dienone is 2. The van der Waals surface area contributed by atoms with Gasteiger partial charge in [0.25, 0.3) is 0 Å². The number of aliphatic carboxylic acids is 1. The minimum Gasteiger partial charge on any atom is -0.481 e. The highest BCUT2D eigenvalue weighted by Gasteiger charge is 2.41. The average molecular weight is 793 g/mol. The number of likely N-dealkylation sites (N-methyl/N-ethyl adjacent to an activating group) is 1. The number of rotatable bonds is 13. The first-order valence-corrected chi connectivity index (χ1v) is 19.3. The molecule has 1 heterocycles. The second-order valence-corrected chi connectivity index (χ2v) is 15.3. The Kier molecular flexibility index (Phi) is 20.2. The molecule has 8 amide bonds. The molecule has 316 valence electrons. The Labute approximate surface area is 329 Å². The van der Waals surface area contributed by atoms with Gasteiger partial charge in [0.05, 0.1) is 6.42 Å². The molecular formula is C38H64N8O10. The topological polar surface area (TPSA) is 284 Å². The molecule has 0 aromatic rings. The molecule has 56 heavy (non-hydrogen) atoms. The molecule has 0 bridgehead atoms.